The third-order valence-electron chi connectivity index (χ3n) is 4.97. The number of nitriles is 1. The van der Waals surface area contributed by atoms with Crippen molar-refractivity contribution in [2.75, 3.05) is 0 Å². The van der Waals surface area contributed by atoms with E-state index in [0.29, 0.717) is 42.0 Å². The molecule has 0 radical (unpaired) electrons. The van der Waals surface area contributed by atoms with Gasteiger partial charge in [-0.1, -0.05) is 24.3 Å². The highest BCUT2D eigenvalue weighted by Crippen LogP contribution is 2.36. The van der Waals surface area contributed by atoms with Gasteiger partial charge in [0.25, 0.3) is 5.91 Å². The fourth-order valence-electron chi connectivity index (χ4n) is 3.04. The standard InChI is InChI=1S/C23H19N5O3/c24-11-17-3-1-2-4-20(17)31-19-7-5-16(6-8-19)12-27-22(30)23(9-10-23)28-21(29)18-13-25-15-26-14-18/h1-8,13-15H,9-10,12H2,(H,27,30)(H,28,29). The first-order valence-electron chi connectivity index (χ1n) is 9.71. The average Bonchev–Trinajstić information content (AvgIpc) is 3.60. The molecular weight excluding hydrogens is 394 g/mol. The molecule has 1 heterocycles. The molecule has 1 aromatic heterocycles. The molecule has 1 aliphatic rings. The van der Waals surface area contributed by atoms with E-state index in [1.165, 1.54) is 18.7 Å². The summed E-state index contributed by atoms with van der Waals surface area (Å²) in [5.41, 5.74) is 0.775. The molecule has 2 aromatic carbocycles. The number of aromatic nitrogens is 2. The molecule has 0 bridgehead atoms. The van der Waals surface area contributed by atoms with E-state index in [1.54, 1.807) is 36.4 Å². The Bertz CT molecular complexity index is 1140. The number of amides is 2. The van der Waals surface area contributed by atoms with E-state index in [4.69, 9.17) is 10.00 Å². The average molecular weight is 413 g/mol. The largest absolute Gasteiger partial charge is 0.456 e. The molecule has 0 unspecified atom stereocenters. The Morgan fingerprint density at radius 2 is 1.77 bits per heavy atom. The Kier molecular flexibility index (Phi) is 5.58. The minimum Gasteiger partial charge on any atom is -0.456 e. The van der Waals surface area contributed by atoms with Crippen molar-refractivity contribution in [2.45, 2.75) is 24.9 Å². The van der Waals surface area contributed by atoms with Crippen molar-refractivity contribution in [3.05, 3.63) is 83.9 Å². The predicted octanol–water partition coefficient (Wildman–Crippen LogP) is 2.72. The summed E-state index contributed by atoms with van der Waals surface area (Å²) < 4.78 is 5.76. The van der Waals surface area contributed by atoms with Gasteiger partial charge in [-0.15, -0.1) is 0 Å². The van der Waals surface area contributed by atoms with Crippen LogP contribution in [0.2, 0.25) is 0 Å². The van der Waals surface area contributed by atoms with Crippen LogP contribution in [-0.2, 0) is 11.3 Å². The summed E-state index contributed by atoms with van der Waals surface area (Å²) in [5.74, 6) is 0.489. The lowest BCUT2D eigenvalue weighted by Crippen LogP contribution is -2.48. The first-order chi connectivity index (χ1) is 15.1. The molecule has 8 nitrogen and oxygen atoms in total. The monoisotopic (exact) mass is 413 g/mol. The minimum atomic E-state index is -0.878. The molecule has 1 aliphatic carbocycles. The summed E-state index contributed by atoms with van der Waals surface area (Å²) in [7, 11) is 0. The number of nitrogens with zero attached hydrogens (tertiary/aromatic N) is 3. The molecule has 2 amide bonds. The number of carbonyl (C=O) groups is 2. The lowest BCUT2D eigenvalue weighted by atomic mass is 10.2. The van der Waals surface area contributed by atoms with Gasteiger partial charge < -0.3 is 15.4 Å². The number of hydrogen-bond acceptors (Lipinski definition) is 6. The van der Waals surface area contributed by atoms with Gasteiger partial charge in [-0.3, -0.25) is 9.59 Å². The molecular formula is C23H19N5O3. The molecule has 1 fully saturated rings. The van der Waals surface area contributed by atoms with E-state index in [-0.39, 0.29) is 11.8 Å². The smallest absolute Gasteiger partial charge is 0.255 e. The maximum atomic E-state index is 12.6. The molecule has 1 saturated carbocycles. The van der Waals surface area contributed by atoms with Gasteiger partial charge in [0.05, 0.1) is 11.1 Å². The Hall–Kier alpha value is -4.25. The fourth-order valence-corrected chi connectivity index (χ4v) is 3.04. The topological polar surface area (TPSA) is 117 Å². The summed E-state index contributed by atoms with van der Waals surface area (Å²) >= 11 is 0. The summed E-state index contributed by atoms with van der Waals surface area (Å²) in [4.78, 5) is 32.6. The van der Waals surface area contributed by atoms with Crippen molar-refractivity contribution in [3.63, 3.8) is 0 Å². The zero-order valence-corrected chi connectivity index (χ0v) is 16.5. The van der Waals surface area contributed by atoms with E-state index in [9.17, 15) is 9.59 Å². The van der Waals surface area contributed by atoms with Crippen molar-refractivity contribution in [2.24, 2.45) is 0 Å². The van der Waals surface area contributed by atoms with Gasteiger partial charge in [-0.05, 0) is 42.7 Å². The van der Waals surface area contributed by atoms with Crippen LogP contribution in [0, 0.1) is 11.3 Å². The number of rotatable bonds is 7. The van der Waals surface area contributed by atoms with Crippen LogP contribution < -0.4 is 15.4 Å². The molecule has 2 N–H and O–H groups in total. The minimum absolute atomic E-state index is 0.221. The van der Waals surface area contributed by atoms with Crippen LogP contribution in [0.1, 0.15) is 34.3 Å². The first kappa shape index (κ1) is 20.0. The number of ether oxygens (including phenoxy) is 1. The van der Waals surface area contributed by atoms with Crippen molar-refractivity contribution < 1.29 is 14.3 Å². The van der Waals surface area contributed by atoms with Gasteiger partial charge in [0.1, 0.15) is 29.4 Å². The zero-order chi connectivity index (χ0) is 21.7. The van der Waals surface area contributed by atoms with E-state index in [2.05, 4.69) is 26.7 Å². The van der Waals surface area contributed by atoms with Crippen LogP contribution in [0.15, 0.2) is 67.3 Å². The predicted molar refractivity (Wildman–Crippen MR) is 111 cm³/mol. The molecule has 8 heteroatoms. The summed E-state index contributed by atoms with van der Waals surface area (Å²) in [6, 6.07) is 16.3. The number of nitrogens with one attached hydrogen (secondary N) is 2. The van der Waals surface area contributed by atoms with Crippen molar-refractivity contribution in [3.8, 4) is 17.6 Å². The van der Waals surface area contributed by atoms with Crippen LogP contribution in [0.5, 0.6) is 11.5 Å². The Morgan fingerprint density at radius 3 is 2.45 bits per heavy atom. The highest BCUT2D eigenvalue weighted by molar-refractivity contribution is 6.00. The van der Waals surface area contributed by atoms with E-state index >= 15 is 0 Å². The maximum Gasteiger partial charge on any atom is 0.255 e. The molecule has 0 saturated heterocycles. The van der Waals surface area contributed by atoms with E-state index in [0.717, 1.165) is 5.56 Å². The number of carbonyl (C=O) groups excluding carboxylic acids is 2. The van der Waals surface area contributed by atoms with Crippen LogP contribution in [0.25, 0.3) is 0 Å². The summed E-state index contributed by atoms with van der Waals surface area (Å²) in [6.45, 7) is 0.319. The number of hydrogen-bond donors (Lipinski definition) is 2. The first-order valence-corrected chi connectivity index (χ1v) is 9.71. The second kappa shape index (κ2) is 8.63. The van der Waals surface area contributed by atoms with Gasteiger partial charge in [0.15, 0.2) is 0 Å². The zero-order valence-electron chi connectivity index (χ0n) is 16.5. The quantitative estimate of drug-likeness (QED) is 0.615. The number of para-hydroxylation sites is 1. The molecule has 0 aliphatic heterocycles. The van der Waals surface area contributed by atoms with Crippen molar-refractivity contribution in [1.29, 1.82) is 5.26 Å². The third-order valence-corrected chi connectivity index (χ3v) is 4.97. The van der Waals surface area contributed by atoms with Crippen LogP contribution in [-0.4, -0.2) is 27.3 Å². The van der Waals surface area contributed by atoms with Gasteiger partial charge in [-0.25, -0.2) is 9.97 Å². The lowest BCUT2D eigenvalue weighted by Gasteiger charge is -2.17. The second-order valence-electron chi connectivity index (χ2n) is 7.20. The van der Waals surface area contributed by atoms with Gasteiger partial charge in [0, 0.05) is 18.9 Å². The van der Waals surface area contributed by atoms with Crippen LogP contribution in [0.3, 0.4) is 0 Å². The van der Waals surface area contributed by atoms with Gasteiger partial charge >= 0.3 is 0 Å². The van der Waals surface area contributed by atoms with E-state index < -0.39 is 5.54 Å². The van der Waals surface area contributed by atoms with E-state index in [1.807, 2.05) is 12.1 Å². The van der Waals surface area contributed by atoms with Crippen LogP contribution >= 0.6 is 0 Å². The van der Waals surface area contributed by atoms with Gasteiger partial charge in [0.2, 0.25) is 5.91 Å². The normalized spacial score (nSPS) is 13.5. The van der Waals surface area contributed by atoms with Gasteiger partial charge in [-0.2, -0.15) is 5.26 Å². The maximum absolute atomic E-state index is 12.6. The van der Waals surface area contributed by atoms with Crippen LogP contribution in [0.4, 0.5) is 0 Å². The van der Waals surface area contributed by atoms with Crippen molar-refractivity contribution >= 4 is 11.8 Å². The fraction of sp³-hybridized carbons (Fsp3) is 0.174. The Balaban J connectivity index is 1.32. The Morgan fingerprint density at radius 1 is 1.06 bits per heavy atom. The third kappa shape index (κ3) is 4.67. The highest BCUT2D eigenvalue weighted by Gasteiger charge is 2.51. The SMILES string of the molecule is N#Cc1ccccc1Oc1ccc(CNC(=O)C2(NC(=O)c3cncnc3)CC2)cc1. The summed E-state index contributed by atoms with van der Waals surface area (Å²) in [5, 5.41) is 14.8. The molecule has 31 heavy (non-hydrogen) atoms. The molecule has 0 atom stereocenters. The highest BCUT2D eigenvalue weighted by atomic mass is 16.5. The summed E-state index contributed by atoms with van der Waals surface area (Å²) in [6.07, 6.45) is 5.34. The molecule has 4 rings (SSSR count). The molecule has 0 spiro atoms. The Labute approximate surface area is 178 Å². The molecule has 154 valence electrons. The number of benzene rings is 2. The molecule has 3 aromatic rings. The second-order valence-corrected chi connectivity index (χ2v) is 7.20. The van der Waals surface area contributed by atoms with Crippen molar-refractivity contribution in [1.82, 2.24) is 20.6 Å². The lowest BCUT2D eigenvalue weighted by molar-refractivity contribution is -0.124.